The van der Waals surface area contributed by atoms with Gasteiger partial charge in [-0.05, 0) is 73.5 Å². The molecule has 1 aromatic rings. The Morgan fingerprint density at radius 1 is 1.17 bits per heavy atom. The summed E-state index contributed by atoms with van der Waals surface area (Å²) in [5, 5.41) is 9.41. The standard InChI is InChI=1S/C23H31F3O2S/c1-2-3-15-4-6-17(7-5-15)23(12-10-16(11-13-23)21(27)28)18-8-9-20(19(24)14-18)29-22(25)26/h8-9,14-17,22H,2-7,10-13H2,1H3,(H,27,28). The number of benzene rings is 1. The summed E-state index contributed by atoms with van der Waals surface area (Å²) in [5.41, 5.74) is 0.634. The molecule has 0 aliphatic heterocycles. The number of halogens is 3. The highest BCUT2D eigenvalue weighted by Crippen LogP contribution is 2.52. The molecule has 0 atom stereocenters. The van der Waals surface area contributed by atoms with E-state index in [2.05, 4.69) is 6.92 Å². The average molecular weight is 429 g/mol. The number of aliphatic carboxylic acids is 1. The molecule has 0 radical (unpaired) electrons. The largest absolute Gasteiger partial charge is 0.481 e. The van der Waals surface area contributed by atoms with Crippen LogP contribution in [0.4, 0.5) is 13.2 Å². The first-order valence-electron chi connectivity index (χ1n) is 10.8. The van der Waals surface area contributed by atoms with Crippen molar-refractivity contribution in [3.05, 3.63) is 29.6 Å². The summed E-state index contributed by atoms with van der Waals surface area (Å²) in [6.45, 7) is 2.21. The van der Waals surface area contributed by atoms with Gasteiger partial charge in [-0.25, -0.2) is 4.39 Å². The fourth-order valence-corrected chi connectivity index (χ4v) is 6.24. The summed E-state index contributed by atoms with van der Waals surface area (Å²) in [6.07, 6.45) is 9.59. The molecule has 1 aromatic carbocycles. The number of carbonyl (C=O) groups is 1. The minimum Gasteiger partial charge on any atom is -0.481 e. The SMILES string of the molecule is CCCC1CCC(C2(c3ccc(SC(F)F)c(F)c3)CCC(C(=O)O)CC2)CC1. The van der Waals surface area contributed by atoms with Gasteiger partial charge in [-0.2, -0.15) is 8.78 Å². The van der Waals surface area contributed by atoms with Crippen LogP contribution in [-0.4, -0.2) is 16.8 Å². The average Bonchev–Trinajstić information content (AvgIpc) is 2.70. The van der Waals surface area contributed by atoms with Gasteiger partial charge in [0, 0.05) is 4.90 Å². The fraction of sp³-hybridized carbons (Fsp3) is 0.696. The molecule has 162 valence electrons. The smallest absolute Gasteiger partial charge is 0.306 e. The fourth-order valence-electron chi connectivity index (χ4n) is 5.73. The summed E-state index contributed by atoms with van der Waals surface area (Å²) in [5.74, 6) is -3.17. The molecule has 2 aliphatic rings. The summed E-state index contributed by atoms with van der Waals surface area (Å²) in [6, 6.07) is 4.74. The Hall–Kier alpha value is -1.17. The van der Waals surface area contributed by atoms with Crippen LogP contribution in [0.25, 0.3) is 0 Å². The summed E-state index contributed by atoms with van der Waals surface area (Å²) in [4.78, 5) is 11.4. The second-order valence-electron chi connectivity index (χ2n) is 8.80. The van der Waals surface area contributed by atoms with Crippen molar-refractivity contribution in [2.45, 2.75) is 87.2 Å². The first-order valence-corrected chi connectivity index (χ1v) is 11.7. The van der Waals surface area contributed by atoms with Gasteiger partial charge in [-0.1, -0.05) is 50.4 Å². The third-order valence-corrected chi connectivity index (χ3v) is 8.04. The third-order valence-electron chi connectivity index (χ3n) is 7.28. The summed E-state index contributed by atoms with van der Waals surface area (Å²) >= 11 is 0.239. The molecule has 2 nitrogen and oxygen atoms in total. The molecule has 0 saturated heterocycles. The molecule has 2 fully saturated rings. The van der Waals surface area contributed by atoms with Crippen LogP contribution in [0.5, 0.6) is 0 Å². The first kappa shape index (κ1) is 22.5. The zero-order valence-electron chi connectivity index (χ0n) is 17.0. The monoisotopic (exact) mass is 428 g/mol. The van der Waals surface area contributed by atoms with E-state index in [0.717, 1.165) is 37.2 Å². The zero-order valence-corrected chi connectivity index (χ0v) is 17.8. The second kappa shape index (κ2) is 9.76. The van der Waals surface area contributed by atoms with E-state index in [1.165, 1.54) is 37.8 Å². The minimum atomic E-state index is -2.65. The molecular weight excluding hydrogens is 397 g/mol. The topological polar surface area (TPSA) is 37.3 Å². The summed E-state index contributed by atoms with van der Waals surface area (Å²) < 4.78 is 40.0. The number of thioether (sulfide) groups is 1. The molecule has 1 N–H and O–H groups in total. The molecule has 0 spiro atoms. The number of carboxylic acids is 1. The van der Waals surface area contributed by atoms with Crippen molar-refractivity contribution in [1.29, 1.82) is 0 Å². The maximum absolute atomic E-state index is 14.6. The van der Waals surface area contributed by atoms with Crippen molar-refractivity contribution in [2.24, 2.45) is 17.8 Å². The van der Waals surface area contributed by atoms with E-state index in [-0.39, 0.29) is 28.0 Å². The van der Waals surface area contributed by atoms with E-state index in [1.807, 2.05) is 6.07 Å². The van der Waals surface area contributed by atoms with Gasteiger partial charge >= 0.3 is 5.97 Å². The lowest BCUT2D eigenvalue weighted by atomic mass is 9.56. The number of alkyl halides is 2. The highest BCUT2D eigenvalue weighted by molar-refractivity contribution is 7.99. The Labute approximate surface area is 175 Å². The van der Waals surface area contributed by atoms with Crippen molar-refractivity contribution >= 4 is 17.7 Å². The van der Waals surface area contributed by atoms with Gasteiger partial charge in [0.2, 0.25) is 0 Å². The maximum atomic E-state index is 14.6. The Morgan fingerprint density at radius 2 is 1.83 bits per heavy atom. The maximum Gasteiger partial charge on any atom is 0.306 e. The normalized spacial score (nSPS) is 30.4. The molecule has 0 bridgehead atoms. The lowest BCUT2D eigenvalue weighted by Gasteiger charge is -2.48. The summed E-state index contributed by atoms with van der Waals surface area (Å²) in [7, 11) is 0. The molecule has 29 heavy (non-hydrogen) atoms. The predicted octanol–water partition coefficient (Wildman–Crippen LogP) is 7.26. The lowest BCUT2D eigenvalue weighted by Crippen LogP contribution is -2.42. The second-order valence-corrected chi connectivity index (χ2v) is 9.83. The molecular formula is C23H31F3O2S. The van der Waals surface area contributed by atoms with E-state index >= 15 is 0 Å². The van der Waals surface area contributed by atoms with Crippen molar-refractivity contribution in [1.82, 2.24) is 0 Å². The van der Waals surface area contributed by atoms with Gasteiger partial charge in [-0.15, -0.1) is 0 Å². The van der Waals surface area contributed by atoms with Gasteiger partial charge in [0.25, 0.3) is 5.76 Å². The molecule has 2 aliphatic carbocycles. The Morgan fingerprint density at radius 3 is 2.34 bits per heavy atom. The third kappa shape index (κ3) is 5.12. The number of hydrogen-bond acceptors (Lipinski definition) is 2. The molecule has 6 heteroatoms. The molecule has 0 aromatic heterocycles. The van der Waals surface area contributed by atoms with Gasteiger partial charge < -0.3 is 5.11 Å². The van der Waals surface area contributed by atoms with E-state index in [1.54, 1.807) is 0 Å². The van der Waals surface area contributed by atoms with Crippen LogP contribution in [0.1, 0.15) is 76.7 Å². The van der Waals surface area contributed by atoms with Gasteiger partial charge in [-0.3, -0.25) is 4.79 Å². The molecule has 3 rings (SSSR count). The van der Waals surface area contributed by atoms with E-state index in [4.69, 9.17) is 0 Å². The van der Waals surface area contributed by atoms with Crippen LogP contribution in [0.15, 0.2) is 23.1 Å². The molecule has 0 heterocycles. The quantitative estimate of drug-likeness (QED) is 0.464. The minimum absolute atomic E-state index is 0.0234. The molecule has 0 amide bonds. The lowest BCUT2D eigenvalue weighted by molar-refractivity contribution is -0.143. The predicted molar refractivity (Wildman–Crippen MR) is 110 cm³/mol. The van der Waals surface area contributed by atoms with E-state index < -0.39 is 17.5 Å². The van der Waals surface area contributed by atoms with Gasteiger partial charge in [0.1, 0.15) is 5.82 Å². The van der Waals surface area contributed by atoms with Crippen molar-refractivity contribution in [3.63, 3.8) is 0 Å². The van der Waals surface area contributed by atoms with Crippen LogP contribution in [-0.2, 0) is 10.2 Å². The van der Waals surface area contributed by atoms with Crippen LogP contribution in [0.2, 0.25) is 0 Å². The Balaban J connectivity index is 1.86. The van der Waals surface area contributed by atoms with E-state index in [0.29, 0.717) is 18.8 Å². The van der Waals surface area contributed by atoms with Crippen molar-refractivity contribution < 1.29 is 23.1 Å². The Kier molecular flexibility index (Phi) is 7.58. The van der Waals surface area contributed by atoms with Crippen LogP contribution < -0.4 is 0 Å². The molecule has 0 unspecified atom stereocenters. The van der Waals surface area contributed by atoms with E-state index in [9.17, 15) is 23.1 Å². The number of rotatable bonds is 7. The van der Waals surface area contributed by atoms with Gasteiger partial charge in [0.05, 0.1) is 5.92 Å². The number of hydrogen-bond donors (Lipinski definition) is 1. The van der Waals surface area contributed by atoms with Gasteiger partial charge in [0.15, 0.2) is 0 Å². The van der Waals surface area contributed by atoms with Crippen LogP contribution in [0.3, 0.4) is 0 Å². The highest BCUT2D eigenvalue weighted by Gasteiger charge is 2.45. The zero-order chi connectivity index (χ0) is 21.0. The Bertz CT molecular complexity index is 693. The van der Waals surface area contributed by atoms with Crippen LogP contribution in [0, 0.1) is 23.6 Å². The van der Waals surface area contributed by atoms with Crippen molar-refractivity contribution in [2.75, 3.05) is 0 Å². The van der Waals surface area contributed by atoms with Crippen molar-refractivity contribution in [3.8, 4) is 0 Å². The first-order chi connectivity index (χ1) is 13.9. The molecule has 2 saturated carbocycles. The van der Waals surface area contributed by atoms with Crippen LogP contribution >= 0.6 is 11.8 Å². The number of carboxylic acid groups (broad SMARTS) is 1. The highest BCUT2D eigenvalue weighted by atomic mass is 32.2.